The van der Waals surface area contributed by atoms with Crippen LogP contribution in [-0.4, -0.2) is 30.0 Å². The topological polar surface area (TPSA) is 60.2 Å². The van der Waals surface area contributed by atoms with Crippen LogP contribution in [0, 0.1) is 0 Å². The van der Waals surface area contributed by atoms with E-state index < -0.39 is 0 Å². The summed E-state index contributed by atoms with van der Waals surface area (Å²) in [4.78, 5) is 0. The number of nitrogens with zero attached hydrogens (tertiary/aromatic N) is 2. The number of nitrogens with one attached hydrogen (secondary N) is 1. The van der Waals surface area contributed by atoms with Crippen molar-refractivity contribution in [3.05, 3.63) is 11.8 Å². The SMILES string of the molecule is CCNC(CC)c1nnc(CCCOCC)o1. The van der Waals surface area contributed by atoms with Gasteiger partial charge in [0.15, 0.2) is 0 Å². The lowest BCUT2D eigenvalue weighted by Crippen LogP contribution is -2.20. The third-order valence-corrected chi connectivity index (χ3v) is 2.52. The van der Waals surface area contributed by atoms with Crippen LogP contribution in [0.1, 0.15) is 51.4 Å². The normalized spacial score (nSPS) is 12.9. The van der Waals surface area contributed by atoms with Crippen molar-refractivity contribution >= 4 is 0 Å². The Balaban J connectivity index is 2.40. The summed E-state index contributed by atoms with van der Waals surface area (Å²) in [5, 5.41) is 11.5. The van der Waals surface area contributed by atoms with Gasteiger partial charge in [0.1, 0.15) is 0 Å². The van der Waals surface area contributed by atoms with Crippen molar-refractivity contribution in [1.82, 2.24) is 15.5 Å². The van der Waals surface area contributed by atoms with Gasteiger partial charge in [-0.15, -0.1) is 10.2 Å². The zero-order valence-corrected chi connectivity index (χ0v) is 11.0. The van der Waals surface area contributed by atoms with Gasteiger partial charge in [-0.05, 0) is 26.3 Å². The molecule has 0 saturated carbocycles. The largest absolute Gasteiger partial charge is 0.424 e. The third kappa shape index (κ3) is 4.83. The maximum Gasteiger partial charge on any atom is 0.233 e. The Bertz CT molecular complexity index is 302. The molecule has 0 aromatic carbocycles. The van der Waals surface area contributed by atoms with Crippen LogP contribution in [0.5, 0.6) is 0 Å². The van der Waals surface area contributed by atoms with Crippen molar-refractivity contribution in [2.45, 2.75) is 46.1 Å². The second kappa shape index (κ2) is 8.20. The molecule has 5 heteroatoms. The summed E-state index contributed by atoms with van der Waals surface area (Å²) in [5.74, 6) is 1.40. The van der Waals surface area contributed by atoms with Crippen LogP contribution in [0.3, 0.4) is 0 Å². The monoisotopic (exact) mass is 241 g/mol. The molecular formula is C12H23N3O2. The van der Waals surface area contributed by atoms with Crippen molar-refractivity contribution in [2.24, 2.45) is 0 Å². The lowest BCUT2D eigenvalue weighted by Gasteiger charge is -2.09. The second-order valence-corrected chi connectivity index (χ2v) is 3.85. The maximum absolute atomic E-state index is 5.63. The average molecular weight is 241 g/mol. The molecule has 1 aromatic rings. The first kappa shape index (κ1) is 14.1. The maximum atomic E-state index is 5.63. The molecular weight excluding hydrogens is 218 g/mol. The molecule has 1 unspecified atom stereocenters. The zero-order chi connectivity index (χ0) is 12.5. The quantitative estimate of drug-likeness (QED) is 0.671. The predicted molar refractivity (Wildman–Crippen MR) is 65.8 cm³/mol. The standard InChI is InChI=1S/C12H23N3O2/c1-4-10(13-5-2)12-15-14-11(17-12)8-7-9-16-6-3/h10,13H,4-9H2,1-3H3. The summed E-state index contributed by atoms with van der Waals surface area (Å²) < 4.78 is 10.9. The Morgan fingerprint density at radius 1 is 1.29 bits per heavy atom. The van der Waals surface area contributed by atoms with Crippen molar-refractivity contribution in [3.63, 3.8) is 0 Å². The molecule has 0 bridgehead atoms. The highest BCUT2D eigenvalue weighted by Gasteiger charge is 2.15. The van der Waals surface area contributed by atoms with Gasteiger partial charge in [-0.3, -0.25) is 0 Å². The molecule has 0 aliphatic heterocycles. The molecule has 0 fully saturated rings. The van der Waals surface area contributed by atoms with E-state index in [1.54, 1.807) is 0 Å². The van der Waals surface area contributed by atoms with Crippen molar-refractivity contribution in [2.75, 3.05) is 19.8 Å². The van der Waals surface area contributed by atoms with Gasteiger partial charge in [-0.2, -0.15) is 0 Å². The number of ether oxygens (including phenoxy) is 1. The van der Waals surface area contributed by atoms with Gasteiger partial charge in [-0.1, -0.05) is 13.8 Å². The molecule has 98 valence electrons. The second-order valence-electron chi connectivity index (χ2n) is 3.85. The molecule has 0 aliphatic carbocycles. The molecule has 1 N–H and O–H groups in total. The first-order valence-corrected chi connectivity index (χ1v) is 6.45. The fourth-order valence-electron chi connectivity index (χ4n) is 1.63. The Morgan fingerprint density at radius 2 is 2.12 bits per heavy atom. The highest BCUT2D eigenvalue weighted by molar-refractivity contribution is 4.89. The zero-order valence-electron chi connectivity index (χ0n) is 11.0. The van der Waals surface area contributed by atoms with Crippen molar-refractivity contribution < 1.29 is 9.15 Å². The van der Waals surface area contributed by atoms with E-state index in [0.29, 0.717) is 11.8 Å². The van der Waals surface area contributed by atoms with Crippen LogP contribution in [-0.2, 0) is 11.2 Å². The van der Waals surface area contributed by atoms with Crippen LogP contribution in [0.4, 0.5) is 0 Å². The van der Waals surface area contributed by atoms with E-state index in [1.165, 1.54) is 0 Å². The van der Waals surface area contributed by atoms with Gasteiger partial charge >= 0.3 is 0 Å². The smallest absolute Gasteiger partial charge is 0.233 e. The van der Waals surface area contributed by atoms with Crippen LogP contribution in [0.25, 0.3) is 0 Å². The van der Waals surface area contributed by atoms with E-state index in [4.69, 9.17) is 9.15 Å². The first-order valence-electron chi connectivity index (χ1n) is 6.45. The van der Waals surface area contributed by atoms with Crippen LogP contribution in [0.2, 0.25) is 0 Å². The number of hydrogen-bond donors (Lipinski definition) is 1. The Kier molecular flexibility index (Phi) is 6.81. The summed E-state index contributed by atoms with van der Waals surface area (Å²) in [6.07, 6.45) is 2.66. The van der Waals surface area contributed by atoms with Gasteiger partial charge in [-0.25, -0.2) is 0 Å². The molecule has 5 nitrogen and oxygen atoms in total. The van der Waals surface area contributed by atoms with Crippen molar-refractivity contribution in [1.29, 1.82) is 0 Å². The van der Waals surface area contributed by atoms with Gasteiger partial charge in [0.05, 0.1) is 6.04 Å². The van der Waals surface area contributed by atoms with E-state index >= 15 is 0 Å². The molecule has 1 atom stereocenters. The highest BCUT2D eigenvalue weighted by Crippen LogP contribution is 2.15. The molecule has 1 rings (SSSR count). The Morgan fingerprint density at radius 3 is 2.76 bits per heavy atom. The van der Waals surface area contributed by atoms with Gasteiger partial charge in [0, 0.05) is 19.6 Å². The minimum Gasteiger partial charge on any atom is -0.424 e. The molecule has 0 saturated heterocycles. The fourth-order valence-corrected chi connectivity index (χ4v) is 1.63. The van der Waals surface area contributed by atoms with Crippen LogP contribution in [0.15, 0.2) is 4.42 Å². The van der Waals surface area contributed by atoms with Crippen LogP contribution >= 0.6 is 0 Å². The summed E-state index contributed by atoms with van der Waals surface area (Å²) in [7, 11) is 0. The highest BCUT2D eigenvalue weighted by atomic mass is 16.5. The van der Waals surface area contributed by atoms with Gasteiger partial charge < -0.3 is 14.5 Å². The number of aryl methyl sites for hydroxylation is 1. The lowest BCUT2D eigenvalue weighted by atomic mass is 10.2. The van der Waals surface area contributed by atoms with E-state index in [-0.39, 0.29) is 6.04 Å². The fraction of sp³-hybridized carbons (Fsp3) is 0.833. The minimum absolute atomic E-state index is 0.174. The van der Waals surface area contributed by atoms with Gasteiger partial charge in [0.2, 0.25) is 11.8 Å². The van der Waals surface area contributed by atoms with Gasteiger partial charge in [0.25, 0.3) is 0 Å². The van der Waals surface area contributed by atoms with E-state index in [1.807, 2.05) is 6.92 Å². The summed E-state index contributed by atoms with van der Waals surface area (Å²) in [6, 6.07) is 0.174. The first-order chi connectivity index (χ1) is 8.31. The van der Waals surface area contributed by atoms with Crippen molar-refractivity contribution in [3.8, 4) is 0 Å². The van der Waals surface area contributed by atoms with Crippen LogP contribution < -0.4 is 5.32 Å². The average Bonchev–Trinajstić information content (AvgIpc) is 2.80. The number of rotatable bonds is 9. The molecule has 0 radical (unpaired) electrons. The molecule has 0 aliphatic rings. The number of hydrogen-bond acceptors (Lipinski definition) is 5. The summed E-state index contributed by atoms with van der Waals surface area (Å²) in [5.41, 5.74) is 0. The Labute approximate surface area is 103 Å². The summed E-state index contributed by atoms with van der Waals surface area (Å²) >= 11 is 0. The van der Waals surface area contributed by atoms with E-state index in [9.17, 15) is 0 Å². The molecule has 0 amide bonds. The predicted octanol–water partition coefficient (Wildman–Crippen LogP) is 2.10. The molecule has 1 aromatic heterocycles. The molecule has 17 heavy (non-hydrogen) atoms. The third-order valence-electron chi connectivity index (χ3n) is 2.52. The summed E-state index contributed by atoms with van der Waals surface area (Å²) in [6.45, 7) is 8.58. The minimum atomic E-state index is 0.174. The Hall–Kier alpha value is -0.940. The number of aromatic nitrogens is 2. The van der Waals surface area contributed by atoms with E-state index in [0.717, 1.165) is 39.0 Å². The van der Waals surface area contributed by atoms with E-state index in [2.05, 4.69) is 29.4 Å². The molecule has 1 heterocycles. The molecule has 0 spiro atoms. The lowest BCUT2D eigenvalue weighted by molar-refractivity contribution is 0.143.